The summed E-state index contributed by atoms with van der Waals surface area (Å²) in [7, 11) is 0. The lowest BCUT2D eigenvalue weighted by atomic mass is 9.43. The van der Waals surface area contributed by atoms with Crippen LogP contribution in [0.4, 0.5) is 0 Å². The number of alkyl halides is 1. The number of rotatable bonds is 1. The van der Waals surface area contributed by atoms with Crippen LogP contribution < -0.4 is 0 Å². The number of carbonyl (C=O) groups excluding carboxylic acids is 1. The molecule has 5 aliphatic rings. The molecule has 4 heteroatoms. The van der Waals surface area contributed by atoms with Gasteiger partial charge >= 0.3 is 5.97 Å². The van der Waals surface area contributed by atoms with Crippen molar-refractivity contribution in [2.24, 2.45) is 40.4 Å². The van der Waals surface area contributed by atoms with E-state index < -0.39 is 0 Å². The van der Waals surface area contributed by atoms with Gasteiger partial charge in [-0.1, -0.05) is 22.9 Å². The van der Waals surface area contributed by atoms with Crippen molar-refractivity contribution in [2.45, 2.75) is 102 Å². The maximum Gasteiger partial charge on any atom is 0.302 e. The Morgan fingerprint density at radius 2 is 1.71 bits per heavy atom. The fourth-order valence-corrected chi connectivity index (χ4v) is 10.0. The fraction of sp³-hybridized carbons (Fsp3) is 0.958. The molecule has 158 valence electrons. The Morgan fingerprint density at radius 1 is 0.964 bits per heavy atom. The van der Waals surface area contributed by atoms with Crippen LogP contribution in [0.25, 0.3) is 0 Å². The predicted molar refractivity (Wildman–Crippen MR) is 113 cm³/mol. The zero-order valence-electron chi connectivity index (χ0n) is 17.5. The number of aliphatic hydroxyl groups is 1. The first-order chi connectivity index (χ1) is 13.4. The summed E-state index contributed by atoms with van der Waals surface area (Å²) < 4.78 is 5.61. The summed E-state index contributed by atoms with van der Waals surface area (Å²) in [4.78, 5) is 11.7. The second-order valence-electron chi connectivity index (χ2n) is 11.1. The van der Waals surface area contributed by atoms with E-state index >= 15 is 0 Å². The summed E-state index contributed by atoms with van der Waals surface area (Å²) in [5.41, 5.74) is 0.610. The Hall–Kier alpha value is -0.0900. The lowest BCUT2D eigenvalue weighted by Crippen LogP contribution is -2.59. The molecule has 0 radical (unpaired) electrons. The highest BCUT2D eigenvalue weighted by molar-refractivity contribution is 9.09. The molecule has 0 unspecified atom stereocenters. The fourth-order valence-electron chi connectivity index (χ4n) is 9.27. The molecule has 0 aliphatic heterocycles. The zero-order chi connectivity index (χ0) is 19.7. The lowest BCUT2D eigenvalue weighted by Gasteiger charge is -2.63. The first-order valence-electron chi connectivity index (χ1n) is 11.9. The number of hydrogen-bond acceptors (Lipinski definition) is 3. The highest BCUT2D eigenvalue weighted by Crippen LogP contribution is 2.70. The van der Waals surface area contributed by atoms with Crippen molar-refractivity contribution in [1.82, 2.24) is 0 Å². The van der Waals surface area contributed by atoms with E-state index in [2.05, 4.69) is 22.9 Å². The molecule has 5 rings (SSSR count). The Bertz CT molecular complexity index is 637. The molecule has 5 fully saturated rings. The molecule has 3 nitrogen and oxygen atoms in total. The number of fused-ring (bicyclic) bond motifs is 4. The molecule has 1 N–H and O–H groups in total. The monoisotopic (exact) mass is 452 g/mol. The van der Waals surface area contributed by atoms with Crippen molar-refractivity contribution in [3.63, 3.8) is 0 Å². The average molecular weight is 453 g/mol. The molecular formula is C24H37BrO3. The minimum Gasteiger partial charge on any atom is -0.463 e. The first-order valence-corrected chi connectivity index (χ1v) is 12.8. The molecule has 0 saturated heterocycles. The minimum atomic E-state index is -0.148. The van der Waals surface area contributed by atoms with E-state index in [-0.39, 0.29) is 23.6 Å². The smallest absolute Gasteiger partial charge is 0.302 e. The number of esters is 1. The average Bonchev–Trinajstić information content (AvgIpc) is 3.05. The first kappa shape index (κ1) is 19.8. The van der Waals surface area contributed by atoms with Gasteiger partial charge in [-0.15, -0.1) is 0 Å². The van der Waals surface area contributed by atoms with Gasteiger partial charge < -0.3 is 9.84 Å². The van der Waals surface area contributed by atoms with Crippen LogP contribution in [0.15, 0.2) is 0 Å². The van der Waals surface area contributed by atoms with Gasteiger partial charge in [0.25, 0.3) is 0 Å². The van der Waals surface area contributed by atoms with Crippen LogP contribution in [0.2, 0.25) is 0 Å². The van der Waals surface area contributed by atoms with Gasteiger partial charge in [-0.05, 0) is 106 Å². The highest BCUT2D eigenvalue weighted by Gasteiger charge is 2.65. The number of halogens is 1. The van der Waals surface area contributed by atoms with Gasteiger partial charge in [0.1, 0.15) is 6.10 Å². The molecule has 5 saturated carbocycles. The van der Waals surface area contributed by atoms with Gasteiger partial charge in [0.05, 0.1) is 6.10 Å². The molecule has 1 spiro atoms. The van der Waals surface area contributed by atoms with Crippen LogP contribution in [0.3, 0.4) is 0 Å². The van der Waals surface area contributed by atoms with Crippen molar-refractivity contribution in [3.05, 3.63) is 0 Å². The van der Waals surface area contributed by atoms with Crippen molar-refractivity contribution >= 4 is 21.9 Å². The lowest BCUT2D eigenvalue weighted by molar-refractivity contribution is -0.174. The maximum atomic E-state index is 11.4. The third-order valence-electron chi connectivity index (χ3n) is 10.4. The standard InChI is InChI=1S/C24H37BrO3/c1-14(26)28-17-9-11-23(2)16(13-17)3-6-18-19(23)10-12-24-15(4-7-20(18)24)5-8-21(25)22(24)27/h15-22,27H,3-13H2,1-2H3/t15-,16-,17-,18-,19+,20+,21+,22-,23+,24+/m1/s1. The Labute approximate surface area is 178 Å². The van der Waals surface area contributed by atoms with Crippen molar-refractivity contribution in [1.29, 1.82) is 0 Å². The molecule has 0 aromatic rings. The third kappa shape index (κ3) is 2.72. The SMILES string of the molecule is CC(=O)O[C@@H]1CC[C@@]2(C)[C@H](CC[C@@H]3[C@@H]2CC[C@@]24[C@@H](CC[C@H](Br)[C@H]2O)CC[C@@H]34)C1. The summed E-state index contributed by atoms with van der Waals surface area (Å²) in [6.07, 6.45) is 13.6. The highest BCUT2D eigenvalue weighted by atomic mass is 79.9. The molecule has 10 atom stereocenters. The van der Waals surface area contributed by atoms with E-state index in [1.807, 2.05) is 0 Å². The van der Waals surface area contributed by atoms with Crippen molar-refractivity contribution < 1.29 is 14.6 Å². The van der Waals surface area contributed by atoms with Crippen LogP contribution in [0.5, 0.6) is 0 Å². The third-order valence-corrected chi connectivity index (χ3v) is 11.4. The summed E-state index contributed by atoms with van der Waals surface area (Å²) >= 11 is 3.84. The normalized spacial score (nSPS) is 55.4. The molecule has 5 aliphatic carbocycles. The molecular weight excluding hydrogens is 416 g/mol. The van der Waals surface area contributed by atoms with E-state index in [4.69, 9.17) is 4.74 Å². The molecule has 0 aromatic carbocycles. The van der Waals surface area contributed by atoms with Gasteiger partial charge in [-0.2, -0.15) is 0 Å². The van der Waals surface area contributed by atoms with Gasteiger partial charge in [0.15, 0.2) is 0 Å². The van der Waals surface area contributed by atoms with Crippen LogP contribution in [-0.4, -0.2) is 28.1 Å². The summed E-state index contributed by atoms with van der Waals surface area (Å²) in [6, 6.07) is 0. The van der Waals surface area contributed by atoms with Crippen LogP contribution in [0, 0.1) is 40.4 Å². The van der Waals surface area contributed by atoms with Crippen LogP contribution in [-0.2, 0) is 9.53 Å². The Kier molecular flexibility index (Phi) is 4.94. The van der Waals surface area contributed by atoms with Crippen LogP contribution in [0.1, 0.15) is 84.5 Å². The van der Waals surface area contributed by atoms with E-state index in [9.17, 15) is 9.90 Å². The summed E-state index contributed by atoms with van der Waals surface area (Å²) in [5.74, 6) is 3.69. The predicted octanol–water partition coefficient (Wildman–Crippen LogP) is 5.48. The number of aliphatic hydroxyl groups excluding tert-OH is 1. The molecule has 0 aromatic heterocycles. The molecule has 28 heavy (non-hydrogen) atoms. The second kappa shape index (κ2) is 6.97. The van der Waals surface area contributed by atoms with Gasteiger partial charge in [-0.3, -0.25) is 4.79 Å². The largest absolute Gasteiger partial charge is 0.463 e. The van der Waals surface area contributed by atoms with E-state index in [0.717, 1.165) is 42.9 Å². The van der Waals surface area contributed by atoms with Crippen LogP contribution >= 0.6 is 15.9 Å². The maximum absolute atomic E-state index is 11.4. The Morgan fingerprint density at radius 3 is 2.50 bits per heavy atom. The van der Waals surface area contributed by atoms with E-state index in [1.165, 1.54) is 51.4 Å². The minimum absolute atomic E-state index is 0.116. The Balaban J connectivity index is 1.39. The summed E-state index contributed by atoms with van der Waals surface area (Å²) in [6.45, 7) is 4.11. The van der Waals surface area contributed by atoms with E-state index in [0.29, 0.717) is 16.2 Å². The van der Waals surface area contributed by atoms with Gasteiger partial charge in [-0.25, -0.2) is 0 Å². The van der Waals surface area contributed by atoms with Crippen molar-refractivity contribution in [2.75, 3.05) is 0 Å². The molecule has 0 bridgehead atoms. The van der Waals surface area contributed by atoms with Gasteiger partial charge in [0, 0.05) is 17.2 Å². The molecule has 0 amide bonds. The number of hydrogen-bond donors (Lipinski definition) is 1. The molecule has 0 heterocycles. The van der Waals surface area contributed by atoms with Gasteiger partial charge in [0.2, 0.25) is 0 Å². The second-order valence-corrected chi connectivity index (χ2v) is 12.3. The number of carbonyl (C=O) groups is 1. The summed E-state index contributed by atoms with van der Waals surface area (Å²) in [5, 5.41) is 11.3. The number of ether oxygens (including phenoxy) is 1. The zero-order valence-corrected chi connectivity index (χ0v) is 19.1. The quantitative estimate of drug-likeness (QED) is 0.423. The van der Waals surface area contributed by atoms with Crippen molar-refractivity contribution in [3.8, 4) is 0 Å². The topological polar surface area (TPSA) is 46.5 Å². The van der Waals surface area contributed by atoms with E-state index in [1.54, 1.807) is 6.92 Å².